The van der Waals surface area contributed by atoms with E-state index in [-0.39, 0.29) is 12.0 Å². The normalized spacial score (nSPS) is 10.9. The predicted molar refractivity (Wildman–Crippen MR) is 104 cm³/mol. The lowest BCUT2D eigenvalue weighted by Gasteiger charge is -2.08. The molecule has 0 radical (unpaired) electrons. The molecule has 0 spiro atoms. The fourth-order valence-corrected chi connectivity index (χ4v) is 2.79. The maximum atomic E-state index is 12.4. The number of amides is 1. The van der Waals surface area contributed by atoms with E-state index in [4.69, 9.17) is 9.47 Å². The highest BCUT2D eigenvalue weighted by Gasteiger charge is 2.23. The molecule has 1 aromatic carbocycles. The molecule has 0 unspecified atom stereocenters. The third kappa shape index (κ3) is 5.96. The van der Waals surface area contributed by atoms with Crippen molar-refractivity contribution < 1.29 is 19.1 Å². The lowest BCUT2D eigenvalue weighted by atomic mass is 10.1. The van der Waals surface area contributed by atoms with Crippen LogP contribution in [0.5, 0.6) is 0 Å². The van der Waals surface area contributed by atoms with Crippen molar-refractivity contribution in [1.82, 2.24) is 10.3 Å². The second-order valence-corrected chi connectivity index (χ2v) is 6.73. The summed E-state index contributed by atoms with van der Waals surface area (Å²) >= 11 is 0. The van der Waals surface area contributed by atoms with Crippen LogP contribution in [0.2, 0.25) is 0 Å². The summed E-state index contributed by atoms with van der Waals surface area (Å²) in [6, 6.07) is 9.95. The average Bonchev–Trinajstić information content (AvgIpc) is 2.92. The van der Waals surface area contributed by atoms with E-state index in [2.05, 4.69) is 10.3 Å². The van der Waals surface area contributed by atoms with Crippen molar-refractivity contribution in [2.45, 2.75) is 46.8 Å². The van der Waals surface area contributed by atoms with Gasteiger partial charge in [0.1, 0.15) is 5.69 Å². The fraction of sp³-hybridized carbons (Fsp3) is 0.429. The quantitative estimate of drug-likeness (QED) is 0.521. The van der Waals surface area contributed by atoms with Crippen molar-refractivity contribution in [2.75, 3.05) is 13.2 Å². The van der Waals surface area contributed by atoms with Crippen LogP contribution in [0.25, 0.3) is 0 Å². The summed E-state index contributed by atoms with van der Waals surface area (Å²) in [7, 11) is 0. The second-order valence-electron chi connectivity index (χ2n) is 6.73. The summed E-state index contributed by atoms with van der Waals surface area (Å²) < 4.78 is 10.8. The number of rotatable bonds is 9. The number of nitrogens with one attached hydrogen (secondary N) is 2. The molecule has 2 aromatic rings. The zero-order chi connectivity index (χ0) is 19.8. The molecule has 0 aliphatic carbocycles. The third-order valence-corrected chi connectivity index (χ3v) is 4.07. The van der Waals surface area contributed by atoms with Crippen molar-refractivity contribution in [3.63, 3.8) is 0 Å². The van der Waals surface area contributed by atoms with Crippen molar-refractivity contribution >= 4 is 11.9 Å². The van der Waals surface area contributed by atoms with E-state index in [0.29, 0.717) is 48.7 Å². The van der Waals surface area contributed by atoms with Crippen LogP contribution in [0.4, 0.5) is 0 Å². The fourth-order valence-electron chi connectivity index (χ4n) is 2.79. The molecule has 0 fully saturated rings. The van der Waals surface area contributed by atoms with Crippen molar-refractivity contribution in [3.8, 4) is 0 Å². The average molecular weight is 372 g/mol. The minimum Gasteiger partial charge on any atom is -0.459 e. The molecular formula is C21H28N2O4. The number of aryl methyl sites for hydroxylation is 1. The molecule has 0 saturated carbocycles. The van der Waals surface area contributed by atoms with Gasteiger partial charge in [0.15, 0.2) is 0 Å². The summed E-state index contributed by atoms with van der Waals surface area (Å²) in [5.41, 5.74) is 3.19. The van der Waals surface area contributed by atoms with Gasteiger partial charge in [-0.15, -0.1) is 0 Å². The Morgan fingerprint density at radius 2 is 1.85 bits per heavy atom. The zero-order valence-corrected chi connectivity index (χ0v) is 16.4. The van der Waals surface area contributed by atoms with Gasteiger partial charge in [-0.3, -0.25) is 4.79 Å². The number of aromatic nitrogens is 1. The molecule has 0 saturated heterocycles. The van der Waals surface area contributed by atoms with E-state index in [1.54, 1.807) is 27.7 Å². The van der Waals surface area contributed by atoms with E-state index in [9.17, 15) is 9.59 Å². The first-order chi connectivity index (χ1) is 12.9. The summed E-state index contributed by atoms with van der Waals surface area (Å²) in [5.74, 6) is -0.646. The molecule has 2 N–H and O–H groups in total. The highest BCUT2D eigenvalue weighted by atomic mass is 16.5. The lowest BCUT2D eigenvalue weighted by Crippen LogP contribution is -2.26. The van der Waals surface area contributed by atoms with Crippen LogP contribution in [0.15, 0.2) is 30.3 Å². The van der Waals surface area contributed by atoms with Gasteiger partial charge in [0.05, 0.1) is 18.3 Å². The first-order valence-electron chi connectivity index (χ1n) is 9.20. The number of H-pyrrole nitrogens is 1. The van der Waals surface area contributed by atoms with Crippen LogP contribution in [-0.4, -0.2) is 36.1 Å². The monoisotopic (exact) mass is 372 g/mol. The van der Waals surface area contributed by atoms with Crippen LogP contribution in [0.3, 0.4) is 0 Å². The van der Waals surface area contributed by atoms with Gasteiger partial charge in [-0.1, -0.05) is 30.3 Å². The molecule has 1 aromatic heterocycles. The smallest absolute Gasteiger partial charge is 0.340 e. The lowest BCUT2D eigenvalue weighted by molar-refractivity contribution is 0.0376. The molecule has 27 heavy (non-hydrogen) atoms. The van der Waals surface area contributed by atoms with Crippen molar-refractivity contribution in [3.05, 3.63) is 58.4 Å². The molecule has 6 nitrogen and oxygen atoms in total. The number of carbonyl (C=O) groups is 2. The number of esters is 1. The van der Waals surface area contributed by atoms with Crippen LogP contribution in [0, 0.1) is 13.8 Å². The maximum absolute atomic E-state index is 12.4. The molecule has 1 amide bonds. The first kappa shape index (κ1) is 20.7. The van der Waals surface area contributed by atoms with Gasteiger partial charge in [-0.25, -0.2) is 4.79 Å². The summed E-state index contributed by atoms with van der Waals surface area (Å²) in [4.78, 5) is 27.6. The molecule has 0 atom stereocenters. The van der Waals surface area contributed by atoms with E-state index >= 15 is 0 Å². The van der Waals surface area contributed by atoms with Gasteiger partial charge in [0, 0.05) is 18.8 Å². The number of aromatic amines is 1. The minimum absolute atomic E-state index is 0.209. The van der Waals surface area contributed by atoms with Crippen LogP contribution >= 0.6 is 0 Å². The zero-order valence-electron chi connectivity index (χ0n) is 16.4. The Labute approximate surface area is 160 Å². The van der Waals surface area contributed by atoms with Crippen LogP contribution in [0.1, 0.15) is 57.9 Å². The van der Waals surface area contributed by atoms with E-state index < -0.39 is 5.97 Å². The molecule has 6 heteroatoms. The Balaban J connectivity index is 1.79. The van der Waals surface area contributed by atoms with E-state index in [1.165, 1.54) is 0 Å². The molecular weight excluding hydrogens is 344 g/mol. The molecule has 0 aliphatic rings. The molecule has 0 aliphatic heterocycles. The van der Waals surface area contributed by atoms with Crippen molar-refractivity contribution in [1.29, 1.82) is 0 Å². The Bertz CT molecular complexity index is 766. The highest BCUT2D eigenvalue weighted by molar-refractivity contribution is 6.00. The number of carbonyl (C=O) groups excluding carboxylic acids is 2. The van der Waals surface area contributed by atoms with E-state index in [1.807, 2.05) is 30.3 Å². The predicted octanol–water partition coefficient (Wildman–Crippen LogP) is 3.53. The number of benzene rings is 1. The van der Waals surface area contributed by atoms with Gasteiger partial charge in [-0.2, -0.15) is 0 Å². The Morgan fingerprint density at radius 3 is 2.52 bits per heavy atom. The minimum atomic E-state index is -0.412. The van der Waals surface area contributed by atoms with Gasteiger partial charge in [-0.05, 0) is 45.2 Å². The van der Waals surface area contributed by atoms with Gasteiger partial charge >= 0.3 is 5.97 Å². The first-order valence-corrected chi connectivity index (χ1v) is 9.20. The SMILES string of the molecule is Cc1[nH]c(C(=O)NCCCOCc2ccccc2)c(C)c1C(=O)OC(C)C. The van der Waals surface area contributed by atoms with Crippen molar-refractivity contribution in [2.24, 2.45) is 0 Å². The van der Waals surface area contributed by atoms with Gasteiger partial charge < -0.3 is 19.8 Å². The standard InChI is InChI=1S/C21H28N2O4/c1-14(2)27-21(25)18-15(3)19(23-16(18)4)20(24)22-11-8-12-26-13-17-9-6-5-7-10-17/h5-7,9-10,14,23H,8,11-13H2,1-4H3,(H,22,24). The van der Waals surface area contributed by atoms with Crippen LogP contribution in [-0.2, 0) is 16.1 Å². The molecule has 1 heterocycles. The molecule has 2 rings (SSSR count). The number of hydrogen-bond donors (Lipinski definition) is 2. The topological polar surface area (TPSA) is 80.4 Å². The Morgan fingerprint density at radius 1 is 1.15 bits per heavy atom. The summed E-state index contributed by atoms with van der Waals surface area (Å²) in [6.07, 6.45) is 0.499. The van der Waals surface area contributed by atoms with Gasteiger partial charge in [0.25, 0.3) is 5.91 Å². The second kappa shape index (κ2) is 9.92. The van der Waals surface area contributed by atoms with E-state index in [0.717, 1.165) is 5.56 Å². The number of ether oxygens (including phenoxy) is 2. The summed E-state index contributed by atoms with van der Waals surface area (Å²) in [6.45, 7) is 8.72. The Hall–Kier alpha value is -2.60. The van der Waals surface area contributed by atoms with Gasteiger partial charge in [0.2, 0.25) is 0 Å². The summed E-state index contributed by atoms with van der Waals surface area (Å²) in [5, 5.41) is 2.86. The Kier molecular flexibility index (Phi) is 7.61. The highest BCUT2D eigenvalue weighted by Crippen LogP contribution is 2.19. The molecule has 146 valence electrons. The molecule has 0 bridgehead atoms. The van der Waals surface area contributed by atoms with Crippen LogP contribution < -0.4 is 5.32 Å². The maximum Gasteiger partial charge on any atom is 0.340 e. The third-order valence-electron chi connectivity index (χ3n) is 4.07. The number of hydrogen-bond acceptors (Lipinski definition) is 4. The largest absolute Gasteiger partial charge is 0.459 e.